The van der Waals surface area contributed by atoms with E-state index in [1.54, 1.807) is 6.07 Å². The smallest absolute Gasteiger partial charge is 0.338 e. The van der Waals surface area contributed by atoms with Gasteiger partial charge in [0.2, 0.25) is 0 Å². The molecule has 146 valence electrons. The van der Waals surface area contributed by atoms with Crippen LogP contribution in [-0.4, -0.2) is 63.7 Å². The highest BCUT2D eigenvalue weighted by molar-refractivity contribution is 5.91. The van der Waals surface area contributed by atoms with Gasteiger partial charge in [0.25, 0.3) is 5.91 Å². The number of benzene rings is 1. The summed E-state index contributed by atoms with van der Waals surface area (Å²) in [4.78, 5) is 23.3. The zero-order chi connectivity index (χ0) is 19.2. The van der Waals surface area contributed by atoms with E-state index in [0.717, 1.165) is 0 Å². The number of carbonyl (C=O) groups is 2. The molecular formula is C18H27NO7. The molecule has 0 radical (unpaired) electrons. The summed E-state index contributed by atoms with van der Waals surface area (Å²) in [5, 5.41) is 12.1. The van der Waals surface area contributed by atoms with Gasteiger partial charge in [-0.3, -0.25) is 4.79 Å². The molecular weight excluding hydrogens is 343 g/mol. The molecule has 0 heterocycles. The average Bonchev–Trinajstić information content (AvgIpc) is 2.67. The number of rotatable bonds is 13. The molecule has 0 saturated heterocycles. The predicted molar refractivity (Wildman–Crippen MR) is 94.1 cm³/mol. The van der Waals surface area contributed by atoms with Gasteiger partial charge in [0.1, 0.15) is 5.75 Å². The summed E-state index contributed by atoms with van der Waals surface area (Å²) in [7, 11) is 1.27. The van der Waals surface area contributed by atoms with Gasteiger partial charge in [-0.2, -0.15) is 0 Å². The molecule has 8 heteroatoms. The van der Waals surface area contributed by atoms with Crippen molar-refractivity contribution in [3.63, 3.8) is 0 Å². The lowest BCUT2D eigenvalue weighted by Gasteiger charge is -2.10. The first-order valence-electron chi connectivity index (χ1n) is 8.49. The Labute approximate surface area is 153 Å². The van der Waals surface area contributed by atoms with Crippen LogP contribution in [0.15, 0.2) is 18.2 Å². The number of ether oxygens (including phenoxy) is 4. The SMILES string of the molecule is CCOCCOCCCNC(=O)COc1ccc(C(=O)O[13CH3])c(CO)c1. The largest absolute Gasteiger partial charge is 0.484 e. The monoisotopic (exact) mass is 370 g/mol. The summed E-state index contributed by atoms with van der Waals surface area (Å²) in [5.41, 5.74) is 0.634. The first-order valence-corrected chi connectivity index (χ1v) is 8.49. The van der Waals surface area contributed by atoms with E-state index in [4.69, 9.17) is 14.2 Å². The van der Waals surface area contributed by atoms with E-state index in [9.17, 15) is 14.7 Å². The first-order chi connectivity index (χ1) is 12.6. The lowest BCUT2D eigenvalue weighted by atomic mass is 10.1. The third-order valence-corrected chi connectivity index (χ3v) is 3.39. The molecule has 0 aliphatic heterocycles. The molecule has 1 amide bonds. The molecule has 0 unspecified atom stereocenters. The minimum Gasteiger partial charge on any atom is -0.484 e. The minimum atomic E-state index is -0.540. The second-order valence-electron chi connectivity index (χ2n) is 5.27. The van der Waals surface area contributed by atoms with Gasteiger partial charge in [-0.05, 0) is 37.1 Å². The van der Waals surface area contributed by atoms with Crippen molar-refractivity contribution in [2.45, 2.75) is 20.0 Å². The lowest BCUT2D eigenvalue weighted by molar-refractivity contribution is -0.123. The number of amides is 1. The second-order valence-corrected chi connectivity index (χ2v) is 5.27. The summed E-state index contributed by atoms with van der Waals surface area (Å²) >= 11 is 0. The Bertz CT molecular complexity index is 562. The molecule has 26 heavy (non-hydrogen) atoms. The summed E-state index contributed by atoms with van der Waals surface area (Å²) in [5.74, 6) is -0.417. The van der Waals surface area contributed by atoms with Crippen molar-refractivity contribution in [1.82, 2.24) is 5.32 Å². The van der Waals surface area contributed by atoms with Crippen molar-refractivity contribution in [3.05, 3.63) is 29.3 Å². The molecule has 8 nitrogen and oxygen atoms in total. The maximum atomic E-state index is 11.7. The maximum absolute atomic E-state index is 11.7. The minimum absolute atomic E-state index is 0.159. The highest BCUT2D eigenvalue weighted by Gasteiger charge is 2.12. The van der Waals surface area contributed by atoms with Gasteiger partial charge in [0, 0.05) is 19.8 Å². The van der Waals surface area contributed by atoms with Crippen LogP contribution in [0.4, 0.5) is 0 Å². The van der Waals surface area contributed by atoms with Crippen LogP contribution in [0.5, 0.6) is 5.75 Å². The molecule has 1 aromatic carbocycles. The third-order valence-electron chi connectivity index (χ3n) is 3.39. The first kappa shape index (κ1) is 21.9. The summed E-state index contributed by atoms with van der Waals surface area (Å²) < 4.78 is 20.5. The van der Waals surface area contributed by atoms with E-state index in [1.165, 1.54) is 19.2 Å². The maximum Gasteiger partial charge on any atom is 0.338 e. The fraction of sp³-hybridized carbons (Fsp3) is 0.556. The van der Waals surface area contributed by atoms with Crippen molar-refractivity contribution in [3.8, 4) is 5.75 Å². The molecule has 1 rings (SSSR count). The lowest BCUT2D eigenvalue weighted by Crippen LogP contribution is -2.30. The average molecular weight is 370 g/mol. The Morgan fingerprint density at radius 1 is 1.15 bits per heavy atom. The highest BCUT2D eigenvalue weighted by Crippen LogP contribution is 2.19. The van der Waals surface area contributed by atoms with E-state index in [2.05, 4.69) is 10.1 Å². The predicted octanol–water partition coefficient (Wildman–Crippen LogP) is 0.904. The number of hydrogen-bond donors (Lipinski definition) is 2. The van der Waals surface area contributed by atoms with Crippen LogP contribution >= 0.6 is 0 Å². The van der Waals surface area contributed by atoms with Crippen LogP contribution in [0.1, 0.15) is 29.3 Å². The zero-order valence-corrected chi connectivity index (χ0v) is 15.3. The van der Waals surface area contributed by atoms with Crippen molar-refractivity contribution in [2.24, 2.45) is 0 Å². The Morgan fingerprint density at radius 2 is 1.92 bits per heavy atom. The molecule has 2 N–H and O–H groups in total. The van der Waals surface area contributed by atoms with Gasteiger partial charge in [-0.1, -0.05) is 0 Å². The molecule has 0 aliphatic rings. The highest BCUT2D eigenvalue weighted by atomic mass is 16.6. The van der Waals surface area contributed by atoms with Gasteiger partial charge in [0.05, 0.1) is 32.5 Å². The Balaban J connectivity index is 2.27. The summed E-state index contributed by atoms with van der Waals surface area (Å²) in [6, 6.07) is 4.54. The summed E-state index contributed by atoms with van der Waals surface area (Å²) in [6.45, 7) is 4.25. The van der Waals surface area contributed by atoms with Crippen molar-refractivity contribution >= 4 is 11.9 Å². The van der Waals surface area contributed by atoms with E-state index in [0.29, 0.717) is 50.7 Å². The zero-order valence-electron chi connectivity index (χ0n) is 15.3. The van der Waals surface area contributed by atoms with Crippen molar-refractivity contribution in [1.29, 1.82) is 0 Å². The van der Waals surface area contributed by atoms with Gasteiger partial charge in [-0.15, -0.1) is 0 Å². The van der Waals surface area contributed by atoms with Crippen LogP contribution in [-0.2, 0) is 25.6 Å². The fourth-order valence-electron chi connectivity index (χ4n) is 2.07. The number of aliphatic hydroxyl groups excluding tert-OH is 1. The van der Waals surface area contributed by atoms with E-state index in [1.807, 2.05) is 6.92 Å². The molecule has 0 fully saturated rings. The topological polar surface area (TPSA) is 103 Å². The van der Waals surface area contributed by atoms with Crippen LogP contribution in [0, 0.1) is 0 Å². The van der Waals surface area contributed by atoms with Gasteiger partial charge < -0.3 is 29.4 Å². The normalized spacial score (nSPS) is 10.4. The second kappa shape index (κ2) is 13.1. The van der Waals surface area contributed by atoms with Crippen molar-refractivity contribution < 1.29 is 33.6 Å². The Kier molecular flexibility index (Phi) is 11.0. The van der Waals surface area contributed by atoms with Gasteiger partial charge in [-0.25, -0.2) is 4.79 Å². The number of hydrogen-bond acceptors (Lipinski definition) is 7. The van der Waals surface area contributed by atoms with Crippen LogP contribution in [0.25, 0.3) is 0 Å². The van der Waals surface area contributed by atoms with Crippen molar-refractivity contribution in [2.75, 3.05) is 46.7 Å². The Morgan fingerprint density at radius 3 is 2.62 bits per heavy atom. The van der Waals surface area contributed by atoms with Crippen LogP contribution in [0.2, 0.25) is 0 Å². The molecule has 0 aliphatic carbocycles. The van der Waals surface area contributed by atoms with Crippen LogP contribution in [0.3, 0.4) is 0 Å². The number of methoxy groups -OCH3 is 1. The summed E-state index contributed by atoms with van der Waals surface area (Å²) in [6.07, 6.45) is 0.695. The standard InChI is InChI=1S/C18H27NO7/c1-3-24-9-10-25-8-4-7-19-17(21)13-26-15-5-6-16(18(22)23-2)14(11-15)12-20/h5-6,11,20H,3-4,7-10,12-13H2,1-2H3,(H,19,21)/i2+1. The van der Waals surface area contributed by atoms with E-state index < -0.39 is 5.97 Å². The third kappa shape index (κ3) is 8.28. The molecule has 0 spiro atoms. The molecule has 0 atom stereocenters. The van der Waals surface area contributed by atoms with E-state index in [-0.39, 0.29) is 24.7 Å². The van der Waals surface area contributed by atoms with Gasteiger partial charge >= 0.3 is 5.97 Å². The number of carbonyl (C=O) groups excluding carboxylic acids is 2. The van der Waals surface area contributed by atoms with Gasteiger partial charge in [0.15, 0.2) is 6.61 Å². The van der Waals surface area contributed by atoms with E-state index >= 15 is 0 Å². The fourth-order valence-corrected chi connectivity index (χ4v) is 2.07. The Hall–Kier alpha value is -2.16. The number of nitrogens with one attached hydrogen (secondary N) is 1. The molecule has 1 aromatic rings. The molecule has 0 bridgehead atoms. The number of aliphatic hydroxyl groups is 1. The van der Waals surface area contributed by atoms with Crippen LogP contribution < -0.4 is 10.1 Å². The number of esters is 1. The quantitative estimate of drug-likeness (QED) is 0.302. The molecule has 0 aromatic heterocycles. The molecule has 0 saturated carbocycles.